The summed E-state index contributed by atoms with van der Waals surface area (Å²) in [4.78, 5) is 29.5. The van der Waals surface area contributed by atoms with Crippen LogP contribution in [0, 0.1) is 0 Å². The number of anilines is 1. The summed E-state index contributed by atoms with van der Waals surface area (Å²) in [6.07, 6.45) is 2.59. The molecule has 0 radical (unpaired) electrons. The Hall–Kier alpha value is -3.96. The molecule has 6 rings (SSSR count). The molecule has 1 fully saturated rings. The van der Waals surface area contributed by atoms with Crippen LogP contribution in [0.3, 0.4) is 0 Å². The molecule has 0 unspecified atom stereocenters. The van der Waals surface area contributed by atoms with Crippen LogP contribution in [0.4, 0.5) is 5.69 Å². The molecule has 5 nitrogen and oxygen atoms in total. The van der Waals surface area contributed by atoms with Crippen LogP contribution < -0.4 is 16.0 Å². The van der Waals surface area contributed by atoms with Crippen molar-refractivity contribution in [2.45, 2.75) is 26.2 Å². The molecule has 0 aromatic heterocycles. The van der Waals surface area contributed by atoms with Crippen LogP contribution in [0.2, 0.25) is 0 Å². The first-order valence-electron chi connectivity index (χ1n) is 13.2. The van der Waals surface area contributed by atoms with Gasteiger partial charge in [-0.3, -0.25) is 9.59 Å². The van der Waals surface area contributed by atoms with Gasteiger partial charge in [0.1, 0.15) is 0 Å². The molecule has 1 aliphatic carbocycles. The maximum Gasteiger partial charge on any atom is 0.249 e. The van der Waals surface area contributed by atoms with Gasteiger partial charge in [-0.25, -0.2) is 0 Å². The molecule has 0 bridgehead atoms. The average molecular weight is 490 g/mol. The van der Waals surface area contributed by atoms with E-state index in [-0.39, 0.29) is 5.78 Å². The number of carbonyl (C=O) groups excluding carboxylic acids is 2. The molecule has 1 amide bonds. The molecule has 0 saturated carbocycles. The zero-order valence-corrected chi connectivity index (χ0v) is 21.1. The minimum atomic E-state index is -0.524. The lowest BCUT2D eigenvalue weighted by atomic mass is 9.82. The van der Waals surface area contributed by atoms with Crippen LogP contribution in [0.15, 0.2) is 66.7 Å². The number of rotatable bonds is 6. The molecule has 186 valence electrons. The highest BCUT2D eigenvalue weighted by Gasteiger charge is 2.38. The second kappa shape index (κ2) is 9.49. The highest BCUT2D eigenvalue weighted by Crippen LogP contribution is 2.52. The van der Waals surface area contributed by atoms with E-state index < -0.39 is 5.91 Å². The lowest BCUT2D eigenvalue weighted by molar-refractivity contribution is 0.0982. The smallest absolute Gasteiger partial charge is 0.249 e. The Kier molecular flexibility index (Phi) is 6.01. The third-order valence-electron chi connectivity index (χ3n) is 7.76. The molecule has 4 aromatic rings. The molecule has 1 heterocycles. The summed E-state index contributed by atoms with van der Waals surface area (Å²) in [5, 5.41) is 5.74. The Labute approximate surface area is 217 Å². The van der Waals surface area contributed by atoms with Crippen molar-refractivity contribution in [3.63, 3.8) is 0 Å². The van der Waals surface area contributed by atoms with Gasteiger partial charge in [0.25, 0.3) is 0 Å². The average Bonchev–Trinajstić information content (AvgIpc) is 3.23. The first-order valence-corrected chi connectivity index (χ1v) is 13.2. The van der Waals surface area contributed by atoms with Crippen molar-refractivity contribution in [1.29, 1.82) is 0 Å². The van der Waals surface area contributed by atoms with Crippen molar-refractivity contribution in [2.24, 2.45) is 5.73 Å². The fourth-order valence-corrected chi connectivity index (χ4v) is 6.13. The summed E-state index contributed by atoms with van der Waals surface area (Å²) in [6, 6.07) is 22.5. The van der Waals surface area contributed by atoms with Crippen molar-refractivity contribution in [3.05, 3.63) is 89.0 Å². The first kappa shape index (κ1) is 23.4. The van der Waals surface area contributed by atoms with E-state index in [0.717, 1.165) is 83.3 Å². The summed E-state index contributed by atoms with van der Waals surface area (Å²) in [6.45, 7) is 5.52. The number of benzene rings is 4. The second-order valence-electron chi connectivity index (χ2n) is 9.93. The normalized spacial score (nSPS) is 14.6. The number of nitrogens with zero attached hydrogens (tertiary/aromatic N) is 1. The first-order chi connectivity index (χ1) is 18.1. The fraction of sp³-hybridized carbons (Fsp3) is 0.250. The van der Waals surface area contributed by atoms with Gasteiger partial charge in [-0.2, -0.15) is 0 Å². The third kappa shape index (κ3) is 3.73. The van der Waals surface area contributed by atoms with Crippen LogP contribution in [0.25, 0.3) is 33.0 Å². The quantitative estimate of drug-likeness (QED) is 0.327. The summed E-state index contributed by atoms with van der Waals surface area (Å²) in [5.74, 6) is -0.630. The predicted molar refractivity (Wildman–Crippen MR) is 150 cm³/mol. The number of nitrogens with one attached hydrogen (secondary N) is 1. The van der Waals surface area contributed by atoms with E-state index in [0.29, 0.717) is 23.1 Å². The Morgan fingerprint density at radius 3 is 2.30 bits per heavy atom. The molecule has 0 atom stereocenters. The Morgan fingerprint density at radius 1 is 0.865 bits per heavy atom. The van der Waals surface area contributed by atoms with Gasteiger partial charge >= 0.3 is 0 Å². The summed E-state index contributed by atoms with van der Waals surface area (Å²) in [5.41, 5.74) is 13.5. The highest BCUT2D eigenvalue weighted by molar-refractivity contribution is 6.29. The fourth-order valence-electron chi connectivity index (χ4n) is 6.13. The van der Waals surface area contributed by atoms with E-state index in [2.05, 4.69) is 59.6 Å². The van der Waals surface area contributed by atoms with E-state index in [4.69, 9.17) is 5.73 Å². The predicted octanol–water partition coefficient (Wildman–Crippen LogP) is 5.57. The number of fused-ring (bicyclic) bond motifs is 4. The monoisotopic (exact) mass is 489 g/mol. The van der Waals surface area contributed by atoms with E-state index in [1.54, 1.807) is 0 Å². The van der Waals surface area contributed by atoms with Crippen molar-refractivity contribution in [1.82, 2.24) is 5.32 Å². The van der Waals surface area contributed by atoms with Gasteiger partial charge in [-0.15, -0.1) is 0 Å². The van der Waals surface area contributed by atoms with Gasteiger partial charge in [0.15, 0.2) is 5.78 Å². The third-order valence-corrected chi connectivity index (χ3v) is 7.76. The molecule has 1 aliphatic heterocycles. The van der Waals surface area contributed by atoms with E-state index in [1.807, 2.05) is 24.3 Å². The zero-order chi connectivity index (χ0) is 25.5. The van der Waals surface area contributed by atoms with Gasteiger partial charge in [0, 0.05) is 54.1 Å². The summed E-state index contributed by atoms with van der Waals surface area (Å²) < 4.78 is 0. The summed E-state index contributed by atoms with van der Waals surface area (Å²) >= 11 is 0. The number of unbranched alkanes of at least 4 members (excludes halogenated alkanes) is 1. The molecular weight excluding hydrogens is 458 g/mol. The maximum atomic E-state index is 13.9. The van der Waals surface area contributed by atoms with Crippen molar-refractivity contribution in [3.8, 4) is 22.3 Å². The molecule has 4 aromatic carbocycles. The highest BCUT2D eigenvalue weighted by atomic mass is 16.1. The SMILES string of the molecule is CCCCc1c(C(N)=O)c2c(c(-c3cccc4ccccc34)c1N1CCNCC1)-c1ccccc1C2=O. The second-order valence-corrected chi connectivity index (χ2v) is 9.93. The van der Waals surface area contributed by atoms with Gasteiger partial charge in [-0.05, 0) is 40.3 Å². The van der Waals surface area contributed by atoms with E-state index in [1.165, 1.54) is 0 Å². The molecule has 5 heteroatoms. The van der Waals surface area contributed by atoms with E-state index >= 15 is 0 Å². The zero-order valence-electron chi connectivity index (χ0n) is 21.1. The summed E-state index contributed by atoms with van der Waals surface area (Å²) in [7, 11) is 0. The number of ketones is 1. The van der Waals surface area contributed by atoms with Crippen LogP contribution in [0.5, 0.6) is 0 Å². The van der Waals surface area contributed by atoms with Gasteiger partial charge < -0.3 is 16.0 Å². The minimum Gasteiger partial charge on any atom is -0.368 e. The largest absolute Gasteiger partial charge is 0.368 e. The van der Waals surface area contributed by atoms with Crippen LogP contribution in [0.1, 0.15) is 51.6 Å². The molecule has 0 spiro atoms. The van der Waals surface area contributed by atoms with Crippen molar-refractivity contribution in [2.75, 3.05) is 31.1 Å². The van der Waals surface area contributed by atoms with Crippen molar-refractivity contribution >= 4 is 28.2 Å². The molecule has 2 aliphatic rings. The van der Waals surface area contributed by atoms with Crippen LogP contribution in [-0.2, 0) is 6.42 Å². The lowest BCUT2D eigenvalue weighted by Crippen LogP contribution is -2.44. The number of nitrogens with two attached hydrogens (primary N) is 1. The standard InChI is InChI=1S/C32H31N3O2/c1-2-3-11-25-28(32(33)37)29-26(23-13-6-7-14-24(23)31(29)36)27(30(25)35-18-16-34-17-19-35)22-15-8-10-20-9-4-5-12-21(20)22/h4-10,12-15,34H,2-3,11,16-19H2,1H3,(H2,33,37). The van der Waals surface area contributed by atoms with E-state index in [9.17, 15) is 9.59 Å². The number of primary amides is 1. The van der Waals surface area contributed by atoms with Gasteiger partial charge in [0.2, 0.25) is 5.91 Å². The number of piperazine rings is 1. The van der Waals surface area contributed by atoms with Crippen LogP contribution in [-0.4, -0.2) is 37.9 Å². The molecular formula is C32H31N3O2. The molecule has 1 saturated heterocycles. The Balaban J connectivity index is 1.82. The van der Waals surface area contributed by atoms with Crippen molar-refractivity contribution < 1.29 is 9.59 Å². The number of hydrogen-bond donors (Lipinski definition) is 2. The van der Waals surface area contributed by atoms with Gasteiger partial charge in [0.05, 0.1) is 5.56 Å². The molecule has 3 N–H and O–H groups in total. The number of carbonyl (C=O) groups is 2. The molecule has 37 heavy (non-hydrogen) atoms. The van der Waals surface area contributed by atoms with Gasteiger partial charge in [-0.1, -0.05) is 80.1 Å². The number of amides is 1. The maximum absolute atomic E-state index is 13.9. The Bertz CT molecular complexity index is 1540. The topological polar surface area (TPSA) is 75.4 Å². The number of hydrogen-bond acceptors (Lipinski definition) is 4. The van der Waals surface area contributed by atoms with Crippen LogP contribution >= 0.6 is 0 Å². The lowest BCUT2D eigenvalue weighted by Gasteiger charge is -2.35. The Morgan fingerprint density at radius 2 is 1.54 bits per heavy atom. The minimum absolute atomic E-state index is 0.106.